The summed E-state index contributed by atoms with van der Waals surface area (Å²) in [6.07, 6.45) is 6.33. The third-order valence-electron chi connectivity index (χ3n) is 3.14. The first-order valence-corrected chi connectivity index (χ1v) is 6.45. The molecule has 0 amide bonds. The van der Waals surface area contributed by atoms with Gasteiger partial charge < -0.3 is 9.15 Å². The highest BCUT2D eigenvalue weighted by Crippen LogP contribution is 2.28. The van der Waals surface area contributed by atoms with Crippen LogP contribution in [0, 0.1) is 0 Å². The zero-order valence-corrected chi connectivity index (χ0v) is 11.7. The number of ketones is 1. The van der Waals surface area contributed by atoms with E-state index in [4.69, 9.17) is 9.15 Å². The molecule has 0 aliphatic carbocycles. The number of carbonyl (C=O) groups is 1. The molecule has 0 aliphatic heterocycles. The summed E-state index contributed by atoms with van der Waals surface area (Å²) >= 11 is 0. The zero-order chi connectivity index (χ0) is 14.8. The van der Waals surface area contributed by atoms with Crippen molar-refractivity contribution in [3.8, 4) is 5.75 Å². The van der Waals surface area contributed by atoms with E-state index >= 15 is 0 Å². The van der Waals surface area contributed by atoms with E-state index in [-0.39, 0.29) is 5.78 Å². The second-order valence-corrected chi connectivity index (χ2v) is 4.63. The molecule has 0 saturated heterocycles. The molecule has 106 valence electrons. The minimum atomic E-state index is -0.115. The Morgan fingerprint density at radius 3 is 3.00 bits per heavy atom. The Bertz CT molecular complexity index is 827. The highest BCUT2D eigenvalue weighted by atomic mass is 16.5. The van der Waals surface area contributed by atoms with Crippen LogP contribution in [0.15, 0.2) is 47.2 Å². The first-order valence-electron chi connectivity index (χ1n) is 6.45. The van der Waals surface area contributed by atoms with Crippen LogP contribution in [-0.4, -0.2) is 22.7 Å². The fourth-order valence-corrected chi connectivity index (χ4v) is 2.10. The predicted octanol–water partition coefficient (Wildman–Crippen LogP) is 3.07. The second-order valence-electron chi connectivity index (χ2n) is 4.63. The molecular formula is C16H14N2O3. The summed E-state index contributed by atoms with van der Waals surface area (Å²) in [5, 5.41) is 4.91. The van der Waals surface area contributed by atoms with E-state index in [9.17, 15) is 4.79 Å². The Balaban J connectivity index is 1.88. The van der Waals surface area contributed by atoms with Crippen molar-refractivity contribution in [3.05, 3.63) is 54.1 Å². The molecule has 2 aromatic heterocycles. The van der Waals surface area contributed by atoms with Gasteiger partial charge in [0.15, 0.2) is 17.1 Å². The summed E-state index contributed by atoms with van der Waals surface area (Å²) in [5.74, 6) is 1.16. The molecule has 0 bridgehead atoms. The SMILES string of the molecule is COc1cccc2cc(/C=C/C(=O)c3cnn(C)c3)oc12. The van der Waals surface area contributed by atoms with Crippen molar-refractivity contribution in [3.63, 3.8) is 0 Å². The molecule has 0 spiro atoms. The van der Waals surface area contributed by atoms with E-state index in [0.717, 1.165) is 5.39 Å². The average Bonchev–Trinajstić information content (AvgIpc) is 3.10. The first kappa shape index (κ1) is 13.2. The number of aromatic nitrogens is 2. The standard InChI is InChI=1S/C16H14N2O3/c1-18-10-12(9-17-18)14(19)7-6-13-8-11-4-3-5-15(20-2)16(11)21-13/h3-10H,1-2H3/b7-6+. The molecule has 1 aromatic carbocycles. The van der Waals surface area contributed by atoms with Crippen LogP contribution >= 0.6 is 0 Å². The fourth-order valence-electron chi connectivity index (χ4n) is 2.10. The molecule has 0 fully saturated rings. The Morgan fingerprint density at radius 2 is 2.29 bits per heavy atom. The molecule has 5 nitrogen and oxygen atoms in total. The molecule has 0 aliphatic rings. The molecule has 3 rings (SSSR count). The lowest BCUT2D eigenvalue weighted by molar-refractivity contribution is 0.104. The minimum absolute atomic E-state index is 0.115. The van der Waals surface area contributed by atoms with Gasteiger partial charge >= 0.3 is 0 Å². The number of benzene rings is 1. The van der Waals surface area contributed by atoms with E-state index in [1.165, 1.54) is 12.3 Å². The van der Waals surface area contributed by atoms with Crippen LogP contribution in [0.4, 0.5) is 0 Å². The Kier molecular flexibility index (Phi) is 3.31. The lowest BCUT2D eigenvalue weighted by atomic mass is 10.2. The molecule has 0 atom stereocenters. The predicted molar refractivity (Wildman–Crippen MR) is 79.3 cm³/mol. The van der Waals surface area contributed by atoms with Gasteiger partial charge in [-0.3, -0.25) is 9.48 Å². The lowest BCUT2D eigenvalue weighted by Crippen LogP contribution is -1.91. The summed E-state index contributed by atoms with van der Waals surface area (Å²) in [6, 6.07) is 7.53. The van der Waals surface area contributed by atoms with Crippen LogP contribution in [0.25, 0.3) is 17.0 Å². The van der Waals surface area contributed by atoms with Gasteiger partial charge in [-0.2, -0.15) is 5.10 Å². The highest BCUT2D eigenvalue weighted by molar-refractivity contribution is 6.06. The van der Waals surface area contributed by atoms with E-state index in [0.29, 0.717) is 22.7 Å². The monoisotopic (exact) mass is 282 g/mol. The number of fused-ring (bicyclic) bond motifs is 1. The van der Waals surface area contributed by atoms with Crippen molar-refractivity contribution in [2.24, 2.45) is 7.05 Å². The number of rotatable bonds is 4. The molecule has 2 heterocycles. The number of aryl methyl sites for hydroxylation is 1. The number of nitrogens with zero attached hydrogens (tertiary/aromatic N) is 2. The zero-order valence-electron chi connectivity index (χ0n) is 11.7. The molecular weight excluding hydrogens is 268 g/mol. The Hall–Kier alpha value is -2.82. The molecule has 0 N–H and O–H groups in total. The number of carbonyl (C=O) groups excluding carboxylic acids is 1. The van der Waals surface area contributed by atoms with E-state index in [1.54, 1.807) is 31.1 Å². The number of furan rings is 1. The van der Waals surface area contributed by atoms with Crippen molar-refractivity contribution < 1.29 is 13.9 Å². The van der Waals surface area contributed by atoms with Crippen molar-refractivity contribution in [1.29, 1.82) is 0 Å². The van der Waals surface area contributed by atoms with Gasteiger partial charge in [-0.1, -0.05) is 12.1 Å². The summed E-state index contributed by atoms with van der Waals surface area (Å²) in [7, 11) is 3.37. The number of hydrogen-bond acceptors (Lipinski definition) is 4. The quantitative estimate of drug-likeness (QED) is 0.545. The number of para-hydroxylation sites is 1. The van der Waals surface area contributed by atoms with Crippen molar-refractivity contribution in [2.75, 3.05) is 7.11 Å². The summed E-state index contributed by atoms with van der Waals surface area (Å²) in [4.78, 5) is 12.0. The van der Waals surface area contributed by atoms with Crippen LogP contribution in [0.1, 0.15) is 16.1 Å². The summed E-state index contributed by atoms with van der Waals surface area (Å²) in [5.41, 5.74) is 1.22. The van der Waals surface area contributed by atoms with Crippen molar-refractivity contribution in [2.45, 2.75) is 0 Å². The molecule has 0 saturated carbocycles. The summed E-state index contributed by atoms with van der Waals surface area (Å²) < 4.78 is 12.5. The van der Waals surface area contributed by atoms with Crippen LogP contribution < -0.4 is 4.74 Å². The normalized spacial score (nSPS) is 11.3. The van der Waals surface area contributed by atoms with Crippen LogP contribution in [0.2, 0.25) is 0 Å². The lowest BCUT2D eigenvalue weighted by Gasteiger charge is -1.98. The third-order valence-corrected chi connectivity index (χ3v) is 3.14. The highest BCUT2D eigenvalue weighted by Gasteiger charge is 2.08. The van der Waals surface area contributed by atoms with Crippen molar-refractivity contribution in [1.82, 2.24) is 9.78 Å². The Labute approximate surface area is 121 Å². The second kappa shape index (κ2) is 5.28. The maximum Gasteiger partial charge on any atom is 0.189 e. The van der Waals surface area contributed by atoms with Gasteiger partial charge in [0.2, 0.25) is 0 Å². The van der Waals surface area contributed by atoms with Gasteiger partial charge in [-0.25, -0.2) is 0 Å². The van der Waals surface area contributed by atoms with E-state index in [2.05, 4.69) is 5.10 Å². The molecule has 0 radical (unpaired) electrons. The maximum atomic E-state index is 12.0. The summed E-state index contributed by atoms with van der Waals surface area (Å²) in [6.45, 7) is 0. The van der Waals surface area contributed by atoms with Crippen LogP contribution in [0.3, 0.4) is 0 Å². The number of ether oxygens (including phenoxy) is 1. The molecule has 0 unspecified atom stereocenters. The fraction of sp³-hybridized carbons (Fsp3) is 0.125. The van der Waals surface area contributed by atoms with E-state index in [1.807, 2.05) is 24.3 Å². The largest absolute Gasteiger partial charge is 0.493 e. The van der Waals surface area contributed by atoms with Gasteiger partial charge in [-0.15, -0.1) is 0 Å². The van der Waals surface area contributed by atoms with Gasteiger partial charge in [0, 0.05) is 18.6 Å². The Morgan fingerprint density at radius 1 is 1.43 bits per heavy atom. The first-order chi connectivity index (χ1) is 10.2. The number of methoxy groups -OCH3 is 1. The molecule has 21 heavy (non-hydrogen) atoms. The van der Waals surface area contributed by atoms with E-state index < -0.39 is 0 Å². The van der Waals surface area contributed by atoms with Gasteiger partial charge in [0.25, 0.3) is 0 Å². The minimum Gasteiger partial charge on any atom is -0.493 e. The van der Waals surface area contributed by atoms with Gasteiger partial charge in [0.1, 0.15) is 5.76 Å². The van der Waals surface area contributed by atoms with Crippen LogP contribution in [0.5, 0.6) is 5.75 Å². The van der Waals surface area contributed by atoms with Gasteiger partial charge in [0.05, 0.1) is 18.9 Å². The molecule has 3 aromatic rings. The van der Waals surface area contributed by atoms with Gasteiger partial charge in [-0.05, 0) is 24.3 Å². The smallest absolute Gasteiger partial charge is 0.189 e. The maximum absolute atomic E-state index is 12.0. The average molecular weight is 282 g/mol. The molecule has 5 heteroatoms. The third kappa shape index (κ3) is 2.58. The topological polar surface area (TPSA) is 57.3 Å². The van der Waals surface area contributed by atoms with Crippen molar-refractivity contribution >= 4 is 22.8 Å². The number of allylic oxidation sites excluding steroid dienone is 1. The number of hydrogen-bond donors (Lipinski definition) is 0. The van der Waals surface area contributed by atoms with Crippen LogP contribution in [-0.2, 0) is 7.05 Å².